The van der Waals surface area contributed by atoms with Crippen LogP contribution in [-0.4, -0.2) is 0 Å². The molecule has 0 aliphatic heterocycles. The van der Waals surface area contributed by atoms with Gasteiger partial charge in [0.2, 0.25) is 0 Å². The van der Waals surface area contributed by atoms with Crippen LogP contribution in [0.1, 0.15) is 129 Å². The highest BCUT2D eigenvalue weighted by molar-refractivity contribution is 4.61. The molecule has 0 heteroatoms. The van der Waals surface area contributed by atoms with Crippen LogP contribution >= 0.6 is 0 Å². The molecule has 0 amide bonds. The van der Waals surface area contributed by atoms with E-state index in [4.69, 9.17) is 0 Å². The molecule has 0 aliphatic carbocycles. The minimum atomic E-state index is 0.722. The maximum atomic E-state index is 4.30. The monoisotopic (exact) mass is 309 g/mol. The molecule has 0 saturated heterocycles. The number of hydrogen-bond acceptors (Lipinski definition) is 0. The molecule has 1 unspecified atom stereocenters. The van der Waals surface area contributed by atoms with E-state index in [-0.39, 0.29) is 0 Å². The number of unbranched alkanes of at least 4 members (excludes halogenated alkanes) is 14. The molecule has 0 rings (SSSR count). The molecule has 0 aromatic rings. The summed E-state index contributed by atoms with van der Waals surface area (Å²) >= 11 is 0. The third kappa shape index (κ3) is 18.1. The summed E-state index contributed by atoms with van der Waals surface area (Å²) in [5.74, 6) is 0.722. The number of rotatable bonds is 18. The lowest BCUT2D eigenvalue weighted by molar-refractivity contribution is 0.467. The maximum absolute atomic E-state index is 4.30. The van der Waals surface area contributed by atoms with Gasteiger partial charge in [0.1, 0.15) is 0 Å². The first-order chi connectivity index (χ1) is 10.8. The van der Waals surface area contributed by atoms with E-state index in [9.17, 15) is 0 Å². The fourth-order valence-electron chi connectivity index (χ4n) is 3.28. The Labute approximate surface area is 142 Å². The predicted octanol–water partition coefficient (Wildman–Crippen LogP) is 8.50. The van der Waals surface area contributed by atoms with Gasteiger partial charge in [0.15, 0.2) is 0 Å². The van der Waals surface area contributed by atoms with Gasteiger partial charge in [-0.05, 0) is 5.92 Å². The second-order valence-electron chi connectivity index (χ2n) is 7.39. The molecule has 0 aromatic heterocycles. The molecular weight excluding hydrogens is 264 g/mol. The van der Waals surface area contributed by atoms with Crippen LogP contribution in [-0.2, 0) is 0 Å². The van der Waals surface area contributed by atoms with Crippen molar-refractivity contribution in [1.82, 2.24) is 0 Å². The van der Waals surface area contributed by atoms with E-state index in [1.165, 1.54) is 116 Å². The van der Waals surface area contributed by atoms with E-state index in [0.717, 1.165) is 5.92 Å². The summed E-state index contributed by atoms with van der Waals surface area (Å²) in [6.07, 6.45) is 25.7. The van der Waals surface area contributed by atoms with E-state index < -0.39 is 0 Å². The van der Waals surface area contributed by atoms with E-state index in [2.05, 4.69) is 20.8 Å². The summed E-state index contributed by atoms with van der Waals surface area (Å²) in [4.78, 5) is 0. The van der Waals surface area contributed by atoms with Crippen LogP contribution in [0.5, 0.6) is 0 Å². The first-order valence-electron chi connectivity index (χ1n) is 10.6. The summed E-state index contributed by atoms with van der Waals surface area (Å²) in [6.45, 7) is 8.88. The minimum Gasteiger partial charge on any atom is -0.0654 e. The lowest BCUT2D eigenvalue weighted by Crippen LogP contribution is -1.95. The molecule has 0 aliphatic rings. The number of hydrogen-bond donors (Lipinski definition) is 0. The lowest BCUT2D eigenvalue weighted by atomic mass is 9.96. The molecule has 1 radical (unpaired) electrons. The summed E-state index contributed by atoms with van der Waals surface area (Å²) in [5.41, 5.74) is 0. The Morgan fingerprint density at radius 2 is 0.727 bits per heavy atom. The summed E-state index contributed by atoms with van der Waals surface area (Å²) < 4.78 is 0. The molecule has 0 saturated carbocycles. The smallest absolute Gasteiger partial charge is 0.0414 e. The Kier molecular flexibility index (Phi) is 19.0. The zero-order valence-corrected chi connectivity index (χ0v) is 16.0. The third-order valence-electron chi connectivity index (χ3n) is 4.93. The third-order valence-corrected chi connectivity index (χ3v) is 4.93. The Morgan fingerprint density at radius 3 is 1.14 bits per heavy atom. The van der Waals surface area contributed by atoms with Gasteiger partial charge < -0.3 is 0 Å². The van der Waals surface area contributed by atoms with Crippen molar-refractivity contribution in [3.63, 3.8) is 0 Å². The second kappa shape index (κ2) is 19.0. The molecule has 0 N–H and O–H groups in total. The Hall–Kier alpha value is 0. The van der Waals surface area contributed by atoms with Crippen LogP contribution in [0, 0.1) is 12.8 Å². The van der Waals surface area contributed by atoms with Crippen molar-refractivity contribution in [1.29, 1.82) is 0 Å². The van der Waals surface area contributed by atoms with Gasteiger partial charge in [0.25, 0.3) is 0 Å². The largest absolute Gasteiger partial charge is 0.0654 e. The molecule has 0 bridgehead atoms. The van der Waals surface area contributed by atoms with Gasteiger partial charge >= 0.3 is 0 Å². The van der Waals surface area contributed by atoms with Crippen LogP contribution in [0.25, 0.3) is 0 Å². The molecule has 0 fully saturated rings. The SMILES string of the molecule is [CH2]C(CCCCC)CCCCCCCCCCCCCCC. The van der Waals surface area contributed by atoms with Crippen LogP contribution < -0.4 is 0 Å². The van der Waals surface area contributed by atoms with Gasteiger partial charge in [-0.25, -0.2) is 0 Å². The van der Waals surface area contributed by atoms with Gasteiger partial charge in [-0.1, -0.05) is 136 Å². The summed E-state index contributed by atoms with van der Waals surface area (Å²) in [7, 11) is 0. The molecule has 22 heavy (non-hydrogen) atoms. The zero-order valence-electron chi connectivity index (χ0n) is 16.0. The van der Waals surface area contributed by atoms with Crippen molar-refractivity contribution in [2.24, 2.45) is 5.92 Å². The fourth-order valence-corrected chi connectivity index (χ4v) is 3.28. The zero-order chi connectivity index (χ0) is 16.3. The standard InChI is InChI=1S/C22H45/c1-4-6-8-9-10-11-12-13-14-15-16-17-19-21-22(3)20-18-7-5-2/h22H,3-21H2,1-2H3. The Bertz CT molecular complexity index is 184. The van der Waals surface area contributed by atoms with Gasteiger partial charge in [0, 0.05) is 0 Å². The van der Waals surface area contributed by atoms with Crippen molar-refractivity contribution < 1.29 is 0 Å². The highest BCUT2D eigenvalue weighted by Gasteiger charge is 2.01. The van der Waals surface area contributed by atoms with Crippen molar-refractivity contribution in [2.45, 2.75) is 129 Å². The minimum absolute atomic E-state index is 0.722. The molecule has 1 atom stereocenters. The van der Waals surface area contributed by atoms with Crippen LogP contribution in [0.4, 0.5) is 0 Å². The van der Waals surface area contributed by atoms with Crippen LogP contribution in [0.3, 0.4) is 0 Å². The molecule has 0 spiro atoms. The highest BCUT2D eigenvalue weighted by atomic mass is 14.1. The first-order valence-corrected chi connectivity index (χ1v) is 10.6. The maximum Gasteiger partial charge on any atom is -0.0414 e. The van der Waals surface area contributed by atoms with Crippen molar-refractivity contribution in [3.05, 3.63) is 6.92 Å². The van der Waals surface area contributed by atoms with E-state index in [0.29, 0.717) is 0 Å². The Morgan fingerprint density at radius 1 is 0.455 bits per heavy atom. The van der Waals surface area contributed by atoms with E-state index in [1.807, 2.05) is 0 Å². The molecule has 0 nitrogen and oxygen atoms in total. The van der Waals surface area contributed by atoms with Crippen molar-refractivity contribution in [3.8, 4) is 0 Å². The summed E-state index contributed by atoms with van der Waals surface area (Å²) in [6, 6.07) is 0. The molecule has 0 heterocycles. The van der Waals surface area contributed by atoms with Gasteiger partial charge in [-0.2, -0.15) is 0 Å². The highest BCUT2D eigenvalue weighted by Crippen LogP contribution is 2.17. The topological polar surface area (TPSA) is 0 Å². The van der Waals surface area contributed by atoms with Crippen molar-refractivity contribution >= 4 is 0 Å². The fraction of sp³-hybridized carbons (Fsp3) is 0.955. The average molecular weight is 310 g/mol. The van der Waals surface area contributed by atoms with Gasteiger partial charge in [-0.15, -0.1) is 0 Å². The van der Waals surface area contributed by atoms with Gasteiger partial charge in [-0.3, -0.25) is 0 Å². The molecule has 133 valence electrons. The average Bonchev–Trinajstić information content (AvgIpc) is 2.52. The molecule has 0 aromatic carbocycles. The van der Waals surface area contributed by atoms with Crippen LogP contribution in [0.2, 0.25) is 0 Å². The van der Waals surface area contributed by atoms with E-state index in [1.54, 1.807) is 0 Å². The normalized spacial score (nSPS) is 12.7. The summed E-state index contributed by atoms with van der Waals surface area (Å²) in [5, 5.41) is 0. The second-order valence-corrected chi connectivity index (χ2v) is 7.39. The van der Waals surface area contributed by atoms with Crippen LogP contribution in [0.15, 0.2) is 0 Å². The molecular formula is C22H45. The van der Waals surface area contributed by atoms with Crippen molar-refractivity contribution in [2.75, 3.05) is 0 Å². The lowest BCUT2D eigenvalue weighted by Gasteiger charge is -2.10. The quantitative estimate of drug-likeness (QED) is 0.223. The van der Waals surface area contributed by atoms with E-state index >= 15 is 0 Å². The predicted molar refractivity (Wildman–Crippen MR) is 103 cm³/mol. The van der Waals surface area contributed by atoms with Gasteiger partial charge in [0.05, 0.1) is 0 Å². The first kappa shape index (κ1) is 22.0. The Balaban J connectivity index is 3.05.